The second-order valence-electron chi connectivity index (χ2n) is 5.42. The molecule has 0 bridgehead atoms. The first-order valence-electron chi connectivity index (χ1n) is 6.77. The third-order valence-electron chi connectivity index (χ3n) is 4.02. The van der Waals surface area contributed by atoms with Crippen molar-refractivity contribution >= 4 is 5.97 Å². The maximum Gasteiger partial charge on any atom is 0.313 e. The number of hydrogen-bond acceptors (Lipinski definition) is 4. The van der Waals surface area contributed by atoms with Crippen molar-refractivity contribution in [1.82, 2.24) is 5.32 Å². The zero-order chi connectivity index (χ0) is 13.3. The molecule has 0 unspecified atom stereocenters. The van der Waals surface area contributed by atoms with Crippen molar-refractivity contribution in [1.29, 1.82) is 0 Å². The fourth-order valence-corrected chi connectivity index (χ4v) is 2.62. The van der Waals surface area contributed by atoms with E-state index >= 15 is 0 Å². The summed E-state index contributed by atoms with van der Waals surface area (Å²) in [4.78, 5) is 11.6. The summed E-state index contributed by atoms with van der Waals surface area (Å²) in [6.07, 6.45) is 2.87. The summed E-state index contributed by atoms with van der Waals surface area (Å²) in [6.45, 7) is 2.27. The number of methoxy groups -OCH3 is 1. The van der Waals surface area contributed by atoms with Crippen molar-refractivity contribution < 1.29 is 14.3 Å². The first-order valence-corrected chi connectivity index (χ1v) is 6.77. The van der Waals surface area contributed by atoms with Gasteiger partial charge in [-0.1, -0.05) is 12.1 Å². The quantitative estimate of drug-likeness (QED) is 0.819. The van der Waals surface area contributed by atoms with Gasteiger partial charge in [-0.05, 0) is 30.0 Å². The molecule has 1 fully saturated rings. The highest BCUT2D eigenvalue weighted by molar-refractivity contribution is 5.80. The molecule has 102 valence electrons. The maximum absolute atomic E-state index is 11.6. The average molecular weight is 261 g/mol. The molecule has 1 aromatic rings. The number of carbonyl (C=O) groups is 1. The van der Waals surface area contributed by atoms with Crippen molar-refractivity contribution in [2.24, 2.45) is 5.41 Å². The summed E-state index contributed by atoms with van der Waals surface area (Å²) in [5.74, 6) is 0.930. The normalized spacial score (nSPS) is 18.6. The van der Waals surface area contributed by atoms with E-state index in [2.05, 4.69) is 17.4 Å². The molecule has 3 rings (SSSR count). The summed E-state index contributed by atoms with van der Waals surface area (Å²) < 4.78 is 10.3. The van der Waals surface area contributed by atoms with Crippen molar-refractivity contribution in [2.45, 2.75) is 25.8 Å². The van der Waals surface area contributed by atoms with Crippen LogP contribution in [0, 0.1) is 5.41 Å². The molecule has 4 heteroatoms. The van der Waals surface area contributed by atoms with Gasteiger partial charge in [0.15, 0.2) is 0 Å². The highest BCUT2D eigenvalue weighted by atomic mass is 16.5. The van der Waals surface area contributed by atoms with Gasteiger partial charge < -0.3 is 14.8 Å². The molecule has 1 aliphatic carbocycles. The van der Waals surface area contributed by atoms with Crippen LogP contribution in [0.2, 0.25) is 0 Å². The molecule has 0 spiro atoms. The van der Waals surface area contributed by atoms with Crippen LogP contribution in [-0.4, -0.2) is 26.2 Å². The van der Waals surface area contributed by atoms with Crippen LogP contribution in [0.15, 0.2) is 18.2 Å². The van der Waals surface area contributed by atoms with E-state index in [1.165, 1.54) is 18.2 Å². The predicted molar refractivity (Wildman–Crippen MR) is 71.0 cm³/mol. The Labute approximate surface area is 113 Å². The second kappa shape index (κ2) is 4.85. The van der Waals surface area contributed by atoms with Gasteiger partial charge in [-0.15, -0.1) is 0 Å². The minimum absolute atomic E-state index is 0.0812. The molecular weight excluding hydrogens is 242 g/mol. The van der Waals surface area contributed by atoms with Gasteiger partial charge in [-0.25, -0.2) is 0 Å². The number of esters is 1. The van der Waals surface area contributed by atoms with Crippen LogP contribution >= 0.6 is 0 Å². The lowest BCUT2D eigenvalue weighted by atomic mass is 10.1. The molecule has 1 saturated carbocycles. The Bertz CT molecular complexity index is 494. The molecule has 0 saturated heterocycles. The lowest BCUT2D eigenvalue weighted by Crippen LogP contribution is -2.30. The molecule has 1 heterocycles. The maximum atomic E-state index is 11.6. The summed E-state index contributed by atoms with van der Waals surface area (Å²) >= 11 is 0. The third-order valence-corrected chi connectivity index (χ3v) is 4.02. The van der Waals surface area contributed by atoms with Gasteiger partial charge in [-0.3, -0.25) is 4.79 Å². The standard InChI is InChI=1S/C15H19NO3/c1-18-14(17)15(5-6-15)10-16-9-11-2-3-13-12(8-11)4-7-19-13/h2-3,8,16H,4-7,9-10H2,1H3. The SMILES string of the molecule is COC(=O)C1(CNCc2ccc3c(c2)CCO3)CC1. The third kappa shape index (κ3) is 2.45. The van der Waals surface area contributed by atoms with Crippen molar-refractivity contribution in [3.8, 4) is 5.75 Å². The van der Waals surface area contributed by atoms with Crippen molar-refractivity contribution in [3.63, 3.8) is 0 Å². The Morgan fingerprint density at radius 2 is 2.32 bits per heavy atom. The largest absolute Gasteiger partial charge is 0.493 e. The fourth-order valence-electron chi connectivity index (χ4n) is 2.62. The number of nitrogens with one attached hydrogen (secondary N) is 1. The van der Waals surface area contributed by atoms with Gasteiger partial charge in [0.05, 0.1) is 19.1 Å². The molecule has 1 aliphatic heterocycles. The van der Waals surface area contributed by atoms with E-state index in [9.17, 15) is 4.79 Å². The summed E-state index contributed by atoms with van der Waals surface area (Å²) in [5.41, 5.74) is 2.27. The number of carbonyl (C=O) groups excluding carboxylic acids is 1. The van der Waals surface area contributed by atoms with Crippen LogP contribution in [0.1, 0.15) is 24.0 Å². The minimum atomic E-state index is -0.255. The number of rotatable bonds is 5. The lowest BCUT2D eigenvalue weighted by Gasteiger charge is -2.13. The first-order chi connectivity index (χ1) is 9.23. The first kappa shape index (κ1) is 12.5. The number of fused-ring (bicyclic) bond motifs is 1. The second-order valence-corrected chi connectivity index (χ2v) is 5.42. The highest BCUT2D eigenvalue weighted by Gasteiger charge is 2.50. The van der Waals surface area contributed by atoms with Crippen molar-refractivity contribution in [3.05, 3.63) is 29.3 Å². The molecule has 4 nitrogen and oxygen atoms in total. The van der Waals surface area contributed by atoms with Crippen LogP contribution in [0.4, 0.5) is 0 Å². The van der Waals surface area contributed by atoms with Crippen LogP contribution in [0.5, 0.6) is 5.75 Å². The average Bonchev–Trinajstić information content (AvgIpc) is 3.07. The van der Waals surface area contributed by atoms with Gasteiger partial charge in [0.25, 0.3) is 0 Å². The van der Waals surface area contributed by atoms with E-state index in [4.69, 9.17) is 9.47 Å². The van der Waals surface area contributed by atoms with E-state index in [-0.39, 0.29) is 11.4 Å². The van der Waals surface area contributed by atoms with Gasteiger partial charge >= 0.3 is 5.97 Å². The monoisotopic (exact) mass is 261 g/mol. The van der Waals surface area contributed by atoms with Gasteiger partial charge in [0.2, 0.25) is 0 Å². The Morgan fingerprint density at radius 3 is 3.05 bits per heavy atom. The van der Waals surface area contributed by atoms with E-state index in [1.54, 1.807) is 0 Å². The lowest BCUT2D eigenvalue weighted by molar-refractivity contribution is -0.146. The zero-order valence-corrected chi connectivity index (χ0v) is 11.2. The van der Waals surface area contributed by atoms with E-state index in [1.807, 2.05) is 6.07 Å². The predicted octanol–water partition coefficient (Wildman–Crippen LogP) is 1.66. The van der Waals surface area contributed by atoms with E-state index in [0.29, 0.717) is 6.54 Å². The number of ether oxygens (including phenoxy) is 2. The summed E-state index contributed by atoms with van der Waals surface area (Å²) in [7, 11) is 1.46. The van der Waals surface area contributed by atoms with E-state index < -0.39 is 0 Å². The van der Waals surface area contributed by atoms with Gasteiger partial charge in [0, 0.05) is 19.5 Å². The van der Waals surface area contributed by atoms with Crippen LogP contribution < -0.4 is 10.1 Å². The Kier molecular flexibility index (Phi) is 3.19. The molecular formula is C15H19NO3. The van der Waals surface area contributed by atoms with Crippen LogP contribution in [0.25, 0.3) is 0 Å². The Morgan fingerprint density at radius 1 is 1.47 bits per heavy atom. The van der Waals surface area contributed by atoms with Gasteiger partial charge in [-0.2, -0.15) is 0 Å². The van der Waals surface area contributed by atoms with Crippen molar-refractivity contribution in [2.75, 3.05) is 20.3 Å². The number of hydrogen-bond donors (Lipinski definition) is 1. The highest BCUT2D eigenvalue weighted by Crippen LogP contribution is 2.46. The molecule has 2 aliphatic rings. The fraction of sp³-hybridized carbons (Fsp3) is 0.533. The zero-order valence-electron chi connectivity index (χ0n) is 11.2. The molecule has 0 atom stereocenters. The molecule has 0 radical (unpaired) electrons. The molecule has 1 N–H and O–H groups in total. The van der Waals surface area contributed by atoms with Gasteiger partial charge in [0.1, 0.15) is 5.75 Å². The molecule has 0 aromatic heterocycles. The summed E-state index contributed by atoms with van der Waals surface area (Å²) in [6, 6.07) is 6.30. The number of benzene rings is 1. The Hall–Kier alpha value is -1.55. The smallest absolute Gasteiger partial charge is 0.313 e. The van der Waals surface area contributed by atoms with E-state index in [0.717, 1.165) is 38.2 Å². The topological polar surface area (TPSA) is 47.6 Å². The summed E-state index contributed by atoms with van der Waals surface area (Å²) in [5, 5.41) is 3.37. The minimum Gasteiger partial charge on any atom is -0.493 e. The van der Waals surface area contributed by atoms with Crippen LogP contribution in [0.3, 0.4) is 0 Å². The Balaban J connectivity index is 1.54. The molecule has 1 aromatic carbocycles. The molecule has 0 amide bonds. The molecule has 19 heavy (non-hydrogen) atoms. The van der Waals surface area contributed by atoms with Crippen LogP contribution in [-0.2, 0) is 22.5 Å².